The van der Waals surface area contributed by atoms with Crippen LogP contribution in [-0.4, -0.2) is 65.4 Å². The summed E-state index contributed by atoms with van der Waals surface area (Å²) >= 11 is 0. The van der Waals surface area contributed by atoms with Gasteiger partial charge in [-0.05, 0) is 83.0 Å². The Hall–Kier alpha value is -1.11. The summed E-state index contributed by atoms with van der Waals surface area (Å²) in [5.74, 6) is 3.34. The SMILES string of the molecule is Cc1cc2c(cc1OOCCOC[C-]1COC1)C1(CC2(C)C)CC(C)(C)c2cc(C)c(OC(=O)COC[C-]3COC3)cc21.[W].[W]. The fraction of sp³-hybridized carbons (Fsp3) is 0.571. The monoisotopic (exact) mass is 960 g/mol. The molecule has 0 radical (unpaired) electrons. The fourth-order valence-electron chi connectivity index (χ4n) is 7.28. The van der Waals surface area contributed by atoms with E-state index in [-0.39, 0.29) is 65.0 Å². The first-order valence-corrected chi connectivity index (χ1v) is 15.3. The molecule has 0 aromatic heterocycles. The van der Waals surface area contributed by atoms with Crippen molar-refractivity contribution in [2.75, 3.05) is 59.5 Å². The second-order valence-corrected chi connectivity index (χ2v) is 13.9. The van der Waals surface area contributed by atoms with E-state index >= 15 is 0 Å². The molecule has 8 nitrogen and oxygen atoms in total. The van der Waals surface area contributed by atoms with Crippen LogP contribution in [0.2, 0.25) is 0 Å². The van der Waals surface area contributed by atoms with E-state index in [1.807, 2.05) is 6.92 Å². The average Bonchev–Trinajstić information content (AvgIpc) is 3.23. The van der Waals surface area contributed by atoms with E-state index in [1.165, 1.54) is 28.2 Å². The summed E-state index contributed by atoms with van der Waals surface area (Å²) in [6, 6.07) is 8.75. The molecular formula is C35H44O8W2-2. The standard InChI is InChI=1S/C35H44O8.2W/c1-22-9-26-28(11-30(22)42-32(36)19-40-18-25-16-39-17-25)35(20-33(26,3)4)21-34(5,6)27-10-23(2)31(12-29(27)35)43-41-8-7-37-13-24-14-38-15-24;;/h9-12H,7-8,13-21H2,1-6H3;;/q-2;;. The van der Waals surface area contributed by atoms with Crippen molar-refractivity contribution in [2.45, 2.75) is 70.6 Å². The Morgan fingerprint density at radius 3 is 1.78 bits per heavy atom. The smallest absolute Gasteiger partial charge is 0.337 e. The number of carbonyl (C=O) groups excluding carboxylic acids is 1. The minimum absolute atomic E-state index is 0. The van der Waals surface area contributed by atoms with Crippen LogP contribution in [-0.2, 0) is 87.0 Å². The van der Waals surface area contributed by atoms with Gasteiger partial charge in [0.2, 0.25) is 0 Å². The van der Waals surface area contributed by atoms with Crippen LogP contribution in [0.25, 0.3) is 0 Å². The Morgan fingerprint density at radius 2 is 1.24 bits per heavy atom. The minimum atomic E-state index is -0.394. The number of benzene rings is 2. The van der Waals surface area contributed by atoms with Gasteiger partial charge in [0.25, 0.3) is 0 Å². The van der Waals surface area contributed by atoms with Gasteiger partial charge in [0.15, 0.2) is 5.75 Å². The van der Waals surface area contributed by atoms with Gasteiger partial charge in [-0.1, -0.05) is 79.5 Å². The molecule has 2 aliphatic carbocycles. The Balaban J connectivity index is 0.00000230. The molecule has 0 saturated carbocycles. The van der Waals surface area contributed by atoms with Crippen LogP contribution in [0.1, 0.15) is 73.9 Å². The summed E-state index contributed by atoms with van der Waals surface area (Å²) in [6.07, 6.45) is 1.90. The number of esters is 1. The number of rotatable bonds is 12. The zero-order chi connectivity index (χ0) is 30.4. The molecule has 0 amide bonds. The molecule has 1 unspecified atom stereocenters. The molecular weight excluding hydrogens is 916 g/mol. The third-order valence-electron chi connectivity index (χ3n) is 9.35. The molecule has 2 fully saturated rings. The summed E-state index contributed by atoms with van der Waals surface area (Å²) in [7, 11) is 0. The Bertz CT molecular complexity index is 1360. The molecule has 2 aromatic carbocycles. The Kier molecular flexibility index (Phi) is 11.9. The minimum Gasteiger partial charge on any atom is -0.444 e. The van der Waals surface area contributed by atoms with Crippen LogP contribution >= 0.6 is 0 Å². The predicted octanol–water partition coefficient (Wildman–Crippen LogP) is 5.41. The van der Waals surface area contributed by atoms with Crippen molar-refractivity contribution in [2.24, 2.45) is 0 Å². The first-order chi connectivity index (χ1) is 20.5. The zero-order valence-electron chi connectivity index (χ0n) is 27.2. The van der Waals surface area contributed by atoms with Crippen molar-refractivity contribution in [3.63, 3.8) is 0 Å². The van der Waals surface area contributed by atoms with Crippen molar-refractivity contribution in [3.8, 4) is 11.5 Å². The predicted molar refractivity (Wildman–Crippen MR) is 160 cm³/mol. The van der Waals surface area contributed by atoms with E-state index in [4.69, 9.17) is 33.5 Å². The van der Waals surface area contributed by atoms with Gasteiger partial charge in [0.1, 0.15) is 19.0 Å². The van der Waals surface area contributed by atoms with Crippen LogP contribution in [0.4, 0.5) is 0 Å². The van der Waals surface area contributed by atoms with Gasteiger partial charge in [-0.3, -0.25) is 0 Å². The molecule has 1 atom stereocenters. The van der Waals surface area contributed by atoms with Crippen molar-refractivity contribution in [3.05, 3.63) is 69.5 Å². The van der Waals surface area contributed by atoms with Crippen LogP contribution in [0.3, 0.4) is 0 Å². The molecule has 246 valence electrons. The first kappa shape index (κ1) is 36.7. The molecule has 2 heterocycles. The second-order valence-electron chi connectivity index (χ2n) is 13.9. The summed E-state index contributed by atoms with van der Waals surface area (Å²) < 4.78 is 27.4. The van der Waals surface area contributed by atoms with E-state index in [0.717, 1.165) is 35.6 Å². The van der Waals surface area contributed by atoms with Crippen LogP contribution in [0, 0.1) is 25.7 Å². The number of fused-ring (bicyclic) bond motifs is 4. The maximum Gasteiger partial charge on any atom is 0.337 e. The summed E-state index contributed by atoms with van der Waals surface area (Å²) in [6.45, 7) is 17.7. The molecule has 6 rings (SSSR count). The first-order valence-electron chi connectivity index (χ1n) is 15.3. The van der Waals surface area contributed by atoms with E-state index in [2.05, 4.69) is 58.9 Å². The van der Waals surface area contributed by atoms with Gasteiger partial charge >= 0.3 is 5.97 Å². The van der Waals surface area contributed by atoms with Crippen LogP contribution in [0.5, 0.6) is 11.5 Å². The topological polar surface area (TPSA) is 81.7 Å². The van der Waals surface area contributed by atoms with E-state index in [1.54, 1.807) is 0 Å². The third-order valence-corrected chi connectivity index (χ3v) is 9.35. The zero-order valence-corrected chi connectivity index (χ0v) is 33.0. The number of hydrogen-bond acceptors (Lipinski definition) is 8. The molecule has 2 saturated heterocycles. The van der Waals surface area contributed by atoms with Crippen molar-refractivity contribution in [1.29, 1.82) is 0 Å². The maximum atomic E-state index is 12.8. The molecule has 2 aromatic rings. The van der Waals surface area contributed by atoms with Crippen LogP contribution < -0.4 is 9.62 Å². The van der Waals surface area contributed by atoms with Gasteiger partial charge < -0.3 is 28.6 Å². The third kappa shape index (κ3) is 7.48. The second kappa shape index (κ2) is 14.6. The maximum absolute atomic E-state index is 12.8. The van der Waals surface area contributed by atoms with Crippen molar-refractivity contribution >= 4 is 5.97 Å². The largest absolute Gasteiger partial charge is 0.444 e. The number of carbonyl (C=O) groups is 1. The fourth-order valence-corrected chi connectivity index (χ4v) is 7.28. The van der Waals surface area contributed by atoms with E-state index in [0.29, 0.717) is 58.6 Å². The van der Waals surface area contributed by atoms with Gasteiger partial charge in [-0.2, -0.15) is 4.89 Å². The molecule has 2 aliphatic heterocycles. The van der Waals surface area contributed by atoms with Crippen LogP contribution in [0.15, 0.2) is 24.3 Å². The van der Waals surface area contributed by atoms with Gasteiger partial charge in [0, 0.05) is 47.5 Å². The molecule has 10 heteroatoms. The quantitative estimate of drug-likeness (QED) is 0.0700. The van der Waals surface area contributed by atoms with Gasteiger partial charge in [-0.15, -0.1) is 0 Å². The number of ether oxygens (including phenoxy) is 5. The summed E-state index contributed by atoms with van der Waals surface area (Å²) in [5, 5.41) is 0. The molecule has 0 N–H and O–H groups in total. The van der Waals surface area contributed by atoms with Gasteiger partial charge in [0.05, 0.1) is 6.61 Å². The van der Waals surface area contributed by atoms with E-state index < -0.39 is 5.97 Å². The Morgan fingerprint density at radius 1 is 0.733 bits per heavy atom. The average molecular weight is 960 g/mol. The molecule has 0 bridgehead atoms. The molecule has 45 heavy (non-hydrogen) atoms. The normalized spacial score (nSPS) is 22.4. The van der Waals surface area contributed by atoms with Crippen molar-refractivity contribution < 1.29 is 80.4 Å². The summed E-state index contributed by atoms with van der Waals surface area (Å²) in [4.78, 5) is 24.2. The Labute approximate surface area is 296 Å². The van der Waals surface area contributed by atoms with E-state index in [9.17, 15) is 4.79 Å². The summed E-state index contributed by atoms with van der Waals surface area (Å²) in [5.41, 5.74) is 6.74. The molecule has 4 aliphatic rings. The van der Waals surface area contributed by atoms with Gasteiger partial charge in [-0.25, -0.2) is 16.6 Å². The molecule has 1 spiro atoms. The van der Waals surface area contributed by atoms with Crippen molar-refractivity contribution in [1.82, 2.24) is 0 Å². The number of hydrogen-bond donors (Lipinski definition) is 0. The number of aryl methyl sites for hydroxylation is 2.